The Kier molecular flexibility index (Phi) is 5.74. The molecule has 4 aliphatic heterocycles. The Morgan fingerprint density at radius 2 is 1.41 bits per heavy atom. The van der Waals surface area contributed by atoms with E-state index in [4.69, 9.17) is 14.6 Å². The van der Waals surface area contributed by atoms with Crippen LogP contribution in [0.15, 0.2) is 0 Å². The van der Waals surface area contributed by atoms with Gasteiger partial charge < -0.3 is 24.8 Å². The molecule has 0 aromatic rings. The fraction of sp³-hybridized carbons (Fsp3) is 1.00. The van der Waals surface area contributed by atoms with E-state index in [9.17, 15) is 0 Å². The molecule has 128 valence electrons. The van der Waals surface area contributed by atoms with Crippen molar-refractivity contribution in [1.29, 1.82) is 0 Å². The van der Waals surface area contributed by atoms with Crippen molar-refractivity contribution >= 4 is 0 Å². The Labute approximate surface area is 134 Å². The van der Waals surface area contributed by atoms with Crippen molar-refractivity contribution in [1.82, 2.24) is 10.2 Å². The molecule has 0 unspecified atom stereocenters. The first-order valence-electron chi connectivity index (χ1n) is 8.96. The summed E-state index contributed by atoms with van der Waals surface area (Å²) in [6.07, 6.45) is 6.15. The van der Waals surface area contributed by atoms with Crippen LogP contribution in [0.3, 0.4) is 0 Å². The normalized spacial score (nSPS) is 29.3. The van der Waals surface area contributed by atoms with E-state index < -0.39 is 0 Å². The van der Waals surface area contributed by atoms with E-state index in [1.807, 2.05) is 0 Å². The number of piperidine rings is 2. The number of aliphatic hydroxyl groups is 1. The Bertz CT molecular complexity index is 325. The molecule has 0 radical (unpaired) electrons. The zero-order chi connectivity index (χ0) is 15.3. The van der Waals surface area contributed by atoms with Crippen molar-refractivity contribution in [2.75, 3.05) is 65.8 Å². The summed E-state index contributed by atoms with van der Waals surface area (Å²) in [5, 5.41) is 12.1. The first-order valence-corrected chi connectivity index (χ1v) is 8.96. The second-order valence-corrected chi connectivity index (χ2v) is 7.65. The zero-order valence-electron chi connectivity index (χ0n) is 13.8. The molecule has 0 aromatic heterocycles. The van der Waals surface area contributed by atoms with Crippen molar-refractivity contribution in [3.63, 3.8) is 0 Å². The molecule has 2 N–H and O–H groups in total. The van der Waals surface area contributed by atoms with Crippen molar-refractivity contribution in [3.05, 3.63) is 0 Å². The minimum atomic E-state index is 0.324. The van der Waals surface area contributed by atoms with Crippen LogP contribution in [-0.4, -0.2) is 75.8 Å². The third kappa shape index (κ3) is 4.01. The van der Waals surface area contributed by atoms with Crippen LogP contribution in [0.2, 0.25) is 0 Å². The Morgan fingerprint density at radius 3 is 1.82 bits per heavy atom. The number of aliphatic hydroxyl groups excluding tert-OH is 1. The van der Waals surface area contributed by atoms with Gasteiger partial charge in [0.25, 0.3) is 0 Å². The zero-order valence-corrected chi connectivity index (χ0v) is 13.8. The summed E-state index contributed by atoms with van der Waals surface area (Å²) in [6.45, 7) is 10.2. The molecule has 0 atom stereocenters. The van der Waals surface area contributed by atoms with Gasteiger partial charge in [-0.3, -0.25) is 0 Å². The lowest BCUT2D eigenvalue weighted by Crippen LogP contribution is -2.50. The van der Waals surface area contributed by atoms with E-state index in [-0.39, 0.29) is 0 Å². The molecule has 0 aromatic carbocycles. The molecule has 22 heavy (non-hydrogen) atoms. The number of nitrogens with zero attached hydrogens (tertiary/aromatic N) is 1. The highest BCUT2D eigenvalue weighted by Crippen LogP contribution is 2.38. The van der Waals surface area contributed by atoms with E-state index >= 15 is 0 Å². The van der Waals surface area contributed by atoms with Crippen LogP contribution in [0.1, 0.15) is 32.1 Å². The minimum absolute atomic E-state index is 0.324. The van der Waals surface area contributed by atoms with E-state index in [1.54, 1.807) is 0 Å². The number of hydrogen-bond acceptors (Lipinski definition) is 5. The van der Waals surface area contributed by atoms with E-state index in [1.165, 1.54) is 51.9 Å². The molecular weight excluding hydrogens is 280 g/mol. The highest BCUT2D eigenvalue weighted by atomic mass is 16.5. The molecule has 0 bridgehead atoms. The number of hydrogen-bond donors (Lipinski definition) is 2. The molecule has 0 amide bonds. The summed E-state index contributed by atoms with van der Waals surface area (Å²) in [6, 6.07) is 0. The third-order valence-electron chi connectivity index (χ3n) is 5.85. The van der Waals surface area contributed by atoms with Gasteiger partial charge in [-0.1, -0.05) is 0 Å². The van der Waals surface area contributed by atoms with Gasteiger partial charge in [-0.15, -0.1) is 0 Å². The first kappa shape index (κ1) is 16.7. The van der Waals surface area contributed by atoms with E-state index in [0.717, 1.165) is 39.4 Å². The third-order valence-corrected chi connectivity index (χ3v) is 5.85. The van der Waals surface area contributed by atoms with Crippen LogP contribution < -0.4 is 5.32 Å². The lowest BCUT2D eigenvalue weighted by Gasteiger charge is -2.47. The Balaban J connectivity index is 0.000000139. The van der Waals surface area contributed by atoms with Gasteiger partial charge in [0.2, 0.25) is 0 Å². The van der Waals surface area contributed by atoms with Gasteiger partial charge in [0.1, 0.15) is 0 Å². The smallest absolute Gasteiger partial charge is 0.0545 e. The minimum Gasteiger partial charge on any atom is -0.396 e. The van der Waals surface area contributed by atoms with Crippen LogP contribution in [0.25, 0.3) is 0 Å². The molecule has 0 saturated carbocycles. The SMILES string of the molecule is C1CC2(CCN1)COC2.OCCCN1CCC2(CC1)COC2. The first-order chi connectivity index (χ1) is 10.8. The van der Waals surface area contributed by atoms with Crippen molar-refractivity contribution in [2.45, 2.75) is 32.1 Å². The van der Waals surface area contributed by atoms with E-state index in [0.29, 0.717) is 17.4 Å². The van der Waals surface area contributed by atoms with Crippen LogP contribution in [-0.2, 0) is 9.47 Å². The van der Waals surface area contributed by atoms with Gasteiger partial charge in [-0.05, 0) is 58.3 Å². The maximum atomic E-state index is 8.71. The van der Waals surface area contributed by atoms with Crippen molar-refractivity contribution in [3.8, 4) is 0 Å². The molecule has 4 aliphatic rings. The number of rotatable bonds is 3. The fourth-order valence-corrected chi connectivity index (χ4v) is 3.86. The van der Waals surface area contributed by atoms with Gasteiger partial charge in [0.15, 0.2) is 0 Å². The topological polar surface area (TPSA) is 54.0 Å². The van der Waals surface area contributed by atoms with Crippen LogP contribution in [0, 0.1) is 10.8 Å². The number of ether oxygens (including phenoxy) is 2. The highest BCUT2D eigenvalue weighted by Gasteiger charge is 2.41. The van der Waals surface area contributed by atoms with Crippen LogP contribution in [0.4, 0.5) is 0 Å². The number of likely N-dealkylation sites (tertiary alicyclic amines) is 1. The lowest BCUT2D eigenvalue weighted by atomic mass is 9.77. The Hall–Kier alpha value is -0.200. The fourth-order valence-electron chi connectivity index (χ4n) is 3.86. The second kappa shape index (κ2) is 7.58. The van der Waals surface area contributed by atoms with Crippen molar-refractivity contribution in [2.24, 2.45) is 10.8 Å². The average Bonchev–Trinajstić information content (AvgIpc) is 2.52. The predicted molar refractivity (Wildman–Crippen MR) is 86.0 cm³/mol. The molecule has 5 heteroatoms. The summed E-state index contributed by atoms with van der Waals surface area (Å²) in [4.78, 5) is 2.46. The standard InChI is InChI=1S/C10H19NO2.C7H13NO/c12-7-1-4-11-5-2-10(3-6-11)8-13-9-10;1-3-8-4-2-7(1)5-9-6-7/h12H,1-9H2;8H,1-6H2. The van der Waals surface area contributed by atoms with Crippen LogP contribution in [0.5, 0.6) is 0 Å². The molecule has 4 rings (SSSR count). The maximum Gasteiger partial charge on any atom is 0.0545 e. The second-order valence-electron chi connectivity index (χ2n) is 7.65. The Morgan fingerprint density at radius 1 is 0.864 bits per heavy atom. The molecule has 2 spiro atoms. The van der Waals surface area contributed by atoms with Crippen LogP contribution >= 0.6 is 0 Å². The molecule has 0 aliphatic carbocycles. The quantitative estimate of drug-likeness (QED) is 0.810. The lowest BCUT2D eigenvalue weighted by molar-refractivity contribution is -0.139. The average molecular weight is 312 g/mol. The summed E-state index contributed by atoms with van der Waals surface area (Å²) in [5.74, 6) is 0. The molecule has 4 fully saturated rings. The molecule has 5 nitrogen and oxygen atoms in total. The largest absolute Gasteiger partial charge is 0.396 e. The maximum absolute atomic E-state index is 8.71. The molecule has 4 saturated heterocycles. The number of nitrogens with one attached hydrogen (secondary N) is 1. The van der Waals surface area contributed by atoms with E-state index in [2.05, 4.69) is 10.2 Å². The van der Waals surface area contributed by atoms with Gasteiger partial charge in [0.05, 0.1) is 26.4 Å². The highest BCUT2D eigenvalue weighted by molar-refractivity contribution is 4.91. The molecule has 4 heterocycles. The predicted octanol–water partition coefficient (Wildman–Crippen LogP) is 0.868. The monoisotopic (exact) mass is 312 g/mol. The summed E-state index contributed by atoms with van der Waals surface area (Å²) >= 11 is 0. The van der Waals surface area contributed by atoms with Gasteiger partial charge in [-0.25, -0.2) is 0 Å². The van der Waals surface area contributed by atoms with Gasteiger partial charge >= 0.3 is 0 Å². The van der Waals surface area contributed by atoms with Gasteiger partial charge in [0, 0.05) is 24.0 Å². The van der Waals surface area contributed by atoms with Gasteiger partial charge in [-0.2, -0.15) is 0 Å². The summed E-state index contributed by atoms with van der Waals surface area (Å²) in [5.41, 5.74) is 1.17. The summed E-state index contributed by atoms with van der Waals surface area (Å²) in [7, 11) is 0. The summed E-state index contributed by atoms with van der Waals surface area (Å²) < 4.78 is 10.5. The molecular formula is C17H32N2O3. The van der Waals surface area contributed by atoms with Crippen molar-refractivity contribution < 1.29 is 14.6 Å².